The van der Waals surface area contributed by atoms with E-state index in [1.807, 2.05) is 121 Å². The minimum atomic E-state index is -0.475. The molecule has 14 aromatic rings. The third-order valence-electron chi connectivity index (χ3n) is 24.3. The molecule has 0 saturated carbocycles. The van der Waals surface area contributed by atoms with Crippen molar-refractivity contribution in [1.29, 1.82) is 0 Å². The molecule has 0 aliphatic heterocycles. The summed E-state index contributed by atoms with van der Waals surface area (Å²) in [7, 11) is 1.69. The molecule has 0 aliphatic carbocycles. The highest BCUT2D eigenvalue weighted by Crippen LogP contribution is 2.21. The Balaban J connectivity index is 0.000000205. The second-order valence-electron chi connectivity index (χ2n) is 35.5. The van der Waals surface area contributed by atoms with Gasteiger partial charge in [-0.15, -0.1) is 0 Å². The Morgan fingerprint density at radius 1 is 0.167 bits per heavy atom. The lowest BCUT2D eigenvalue weighted by Gasteiger charge is -2.05. The van der Waals surface area contributed by atoms with Gasteiger partial charge < -0.3 is 5.32 Å². The molecule has 14 aromatic carbocycles. The van der Waals surface area contributed by atoms with Gasteiger partial charge in [-0.25, -0.2) is 32.9 Å². The van der Waals surface area contributed by atoms with Gasteiger partial charge in [0.2, 0.25) is 29.5 Å². The van der Waals surface area contributed by atoms with Crippen LogP contribution in [0.25, 0.3) is 0 Å². The summed E-state index contributed by atoms with van der Waals surface area (Å²) >= 11 is 0. The molecule has 0 heterocycles. The first-order valence-corrected chi connectivity index (χ1v) is 50.1. The van der Waals surface area contributed by atoms with E-state index in [0.717, 1.165) is 150 Å². The molecule has 0 aromatic heterocycles. The van der Waals surface area contributed by atoms with E-state index in [-0.39, 0.29) is 42.4 Å². The van der Waals surface area contributed by atoms with E-state index >= 15 is 0 Å². The number of hydrogen-bond donors (Lipinski definition) is 13. The molecule has 0 bridgehead atoms. The molecule has 144 heavy (non-hydrogen) atoms. The zero-order chi connectivity index (χ0) is 102. The molecule has 0 atom stereocenters. The quantitative estimate of drug-likeness (QED) is 0.00960. The minimum absolute atomic E-state index is 0.125. The van der Waals surface area contributed by atoms with Gasteiger partial charge in [-0.2, -0.15) is 0 Å². The molecule has 7 amide bonds. The van der Waals surface area contributed by atoms with Crippen molar-refractivity contribution in [3.05, 3.63) is 499 Å². The van der Waals surface area contributed by atoms with E-state index in [4.69, 9.17) is 31.2 Å². The predicted octanol–water partition coefficient (Wildman–Crippen LogP) is 23.1. The standard InChI is InChI=1S/C21H27NO.3C18H21NO2.2C17H19NO2.C15H15NO2/c1-22-21(23)13-7-12-20-16-14-19(15-17-20)11-6-5-10-18-8-3-2-4-9-18;20-18(19-21)17-13-11-16(12-14-17)10-6-2-5-9-15-7-3-1-4-8-15;20-18(19-21)14-17-12-10-16(11-13-17)9-5-4-8-15-6-2-1-3-7-15;20-18(19-21)14-13-17-11-9-16(10-12-17)8-4-7-15-5-2-1-3-6-15;19-17(18-20)13-16-11-9-15(10-12-16)8-4-7-14-5-2-1-3-6-14;19-17(18-20)13-12-16-10-8-15(9-11-16)7-6-14-4-2-1-3-5-14;17-15(16-18)14-8-4-7-13(11-14)10-9-12-5-2-1-3-6-12/h2-4,8-9,14-17H,5-7,10-13H2,1H3,(H,22,23);1,3-4,7-8,11-14,21H,2,5-6,9-10H2,(H,19,20);1-3,6-7,10-13,21H,4-5,8-9,14H2,(H,19,20);1-3,5-6,9-12,21H,4,7-8,13-14H2,(H,19,20);1-3,5-6,9-12,20H,4,7-8,13H2,(H,18,19);1-5,8-11,20H,6-7,12-13H2,(H,18,19);1-8,11,18H,9-10H2,(H,16,17). The highest BCUT2D eigenvalue weighted by atomic mass is 16.5. The molecule has 20 nitrogen and oxygen atoms in total. The Morgan fingerprint density at radius 3 is 0.646 bits per heavy atom. The fourth-order valence-electron chi connectivity index (χ4n) is 16.0. The van der Waals surface area contributed by atoms with Gasteiger partial charge in [0.05, 0.1) is 12.8 Å². The van der Waals surface area contributed by atoms with Crippen molar-refractivity contribution in [2.24, 2.45) is 0 Å². The van der Waals surface area contributed by atoms with E-state index in [1.165, 1.54) is 116 Å². The van der Waals surface area contributed by atoms with Crippen molar-refractivity contribution in [1.82, 2.24) is 38.2 Å². The lowest BCUT2D eigenvalue weighted by atomic mass is 10.0. The maximum Gasteiger partial charge on any atom is 0.274 e. The summed E-state index contributed by atoms with van der Waals surface area (Å²) in [5.41, 5.74) is 34.7. The molecule has 13 N–H and O–H groups in total. The average Bonchev–Trinajstić information content (AvgIpc) is 0.870. The van der Waals surface area contributed by atoms with Crippen LogP contribution in [-0.4, -0.2) is 79.6 Å². The number of nitrogens with one attached hydrogen (secondary N) is 7. The van der Waals surface area contributed by atoms with Gasteiger partial charge in [-0.1, -0.05) is 364 Å². The van der Waals surface area contributed by atoms with Gasteiger partial charge in [-0.3, -0.25) is 64.8 Å². The number of aryl methyl sites for hydroxylation is 17. The maximum absolute atomic E-state index is 11.3. The number of carbonyl (C=O) groups is 7. The van der Waals surface area contributed by atoms with Gasteiger partial charge in [-0.05, 0) is 297 Å². The molecule has 0 saturated heterocycles. The Kier molecular flexibility index (Phi) is 56.2. The normalized spacial score (nSPS) is 10.3. The number of amides is 7. The van der Waals surface area contributed by atoms with Gasteiger partial charge in [0.25, 0.3) is 11.8 Å². The molecular weight excluding hydrogens is 1800 g/mol. The van der Waals surface area contributed by atoms with Crippen LogP contribution >= 0.6 is 0 Å². The zero-order valence-electron chi connectivity index (χ0n) is 83.0. The van der Waals surface area contributed by atoms with Crippen LogP contribution in [0.3, 0.4) is 0 Å². The number of unbranched alkanes of at least 4 members (excludes halogenated alkanes) is 4. The number of carbonyl (C=O) groups excluding carboxylic acids is 7. The second-order valence-corrected chi connectivity index (χ2v) is 35.5. The number of hydroxylamine groups is 6. The van der Waals surface area contributed by atoms with Gasteiger partial charge in [0.1, 0.15) is 0 Å². The van der Waals surface area contributed by atoms with E-state index < -0.39 is 11.8 Å². The molecule has 0 radical (unpaired) electrons. The average molecular weight is 1940 g/mol. The molecule has 752 valence electrons. The van der Waals surface area contributed by atoms with Gasteiger partial charge in [0, 0.05) is 37.4 Å². The second kappa shape index (κ2) is 70.7. The van der Waals surface area contributed by atoms with Gasteiger partial charge in [0.15, 0.2) is 0 Å². The number of hydrogen-bond acceptors (Lipinski definition) is 13. The van der Waals surface area contributed by atoms with Crippen molar-refractivity contribution in [2.75, 3.05) is 7.05 Å². The van der Waals surface area contributed by atoms with Crippen LogP contribution in [-0.2, 0) is 146 Å². The molecule has 0 aliphatic rings. The van der Waals surface area contributed by atoms with Crippen LogP contribution in [0.2, 0.25) is 0 Å². The molecule has 0 spiro atoms. The zero-order valence-corrected chi connectivity index (χ0v) is 83.0. The molecule has 20 heteroatoms. The van der Waals surface area contributed by atoms with Crippen LogP contribution in [0.15, 0.2) is 382 Å². The first kappa shape index (κ1) is 114. The Bertz CT molecular complexity index is 5860. The first-order valence-electron chi connectivity index (χ1n) is 50.1. The minimum Gasteiger partial charge on any atom is -0.359 e. The summed E-state index contributed by atoms with van der Waals surface area (Å²) in [5, 5.41) is 53.6. The van der Waals surface area contributed by atoms with Crippen molar-refractivity contribution in [3.63, 3.8) is 0 Å². The van der Waals surface area contributed by atoms with Crippen molar-refractivity contribution in [3.8, 4) is 0 Å². The third kappa shape index (κ3) is 50.0. The fourth-order valence-corrected chi connectivity index (χ4v) is 16.0. The SMILES string of the molecule is CNC(=O)CCCc1ccc(CCCCc2ccccc2)cc1.O=C(CCc1ccc(CCCc2ccccc2)cc1)NO.O=C(CCc1ccc(CCc2ccccc2)cc1)NO.O=C(Cc1ccc(CCCCc2ccccc2)cc1)NO.O=C(Cc1ccc(CCCc2ccccc2)cc1)NO.O=C(NO)c1ccc(CCCCCc2ccccc2)cc1.O=C(NO)c1cccc(CCc2ccccc2)c1. The third-order valence-corrected chi connectivity index (χ3v) is 24.3. The summed E-state index contributed by atoms with van der Waals surface area (Å²) in [5.74, 6) is -2.28. The van der Waals surface area contributed by atoms with Crippen LogP contribution in [0.1, 0.15) is 210 Å². The Labute approximate surface area is 850 Å². The smallest absolute Gasteiger partial charge is 0.274 e. The predicted molar refractivity (Wildman–Crippen MR) is 573 cm³/mol. The Hall–Kier alpha value is -14.9. The lowest BCUT2D eigenvalue weighted by Crippen LogP contribution is -2.20. The highest BCUT2D eigenvalue weighted by Gasteiger charge is 2.12. The van der Waals surface area contributed by atoms with Crippen LogP contribution in [0.4, 0.5) is 0 Å². The maximum atomic E-state index is 11.3. The molecule has 0 fully saturated rings. The van der Waals surface area contributed by atoms with E-state index in [0.29, 0.717) is 43.2 Å². The van der Waals surface area contributed by atoms with E-state index in [1.54, 1.807) is 64.2 Å². The van der Waals surface area contributed by atoms with Crippen LogP contribution < -0.4 is 38.2 Å². The summed E-state index contributed by atoms with van der Waals surface area (Å²) < 4.78 is 0. The Morgan fingerprint density at radius 2 is 0.375 bits per heavy atom. The van der Waals surface area contributed by atoms with Crippen molar-refractivity contribution >= 4 is 41.4 Å². The van der Waals surface area contributed by atoms with Crippen molar-refractivity contribution in [2.45, 2.75) is 205 Å². The summed E-state index contributed by atoms with van der Waals surface area (Å²) in [6.45, 7) is 0. The summed E-state index contributed by atoms with van der Waals surface area (Å²) in [6.07, 6.45) is 30.2. The van der Waals surface area contributed by atoms with E-state index in [2.05, 4.69) is 242 Å². The van der Waals surface area contributed by atoms with E-state index in [9.17, 15) is 33.6 Å². The van der Waals surface area contributed by atoms with Crippen LogP contribution in [0.5, 0.6) is 0 Å². The molecular formula is C124H143N7O13. The largest absolute Gasteiger partial charge is 0.359 e. The summed E-state index contributed by atoms with van der Waals surface area (Å²) in [6, 6.07) is 130. The highest BCUT2D eigenvalue weighted by molar-refractivity contribution is 5.94. The van der Waals surface area contributed by atoms with Crippen molar-refractivity contribution < 1.29 is 64.8 Å². The molecule has 0 unspecified atom stereocenters. The van der Waals surface area contributed by atoms with Gasteiger partial charge >= 0.3 is 0 Å². The number of benzene rings is 14. The monoisotopic (exact) mass is 1940 g/mol. The van der Waals surface area contributed by atoms with Crippen LogP contribution in [0, 0.1) is 0 Å². The fraction of sp³-hybridized carbons (Fsp3) is 0.266. The summed E-state index contributed by atoms with van der Waals surface area (Å²) in [4.78, 5) is 77.7. The topological polar surface area (TPSA) is 325 Å². The first-order chi connectivity index (χ1) is 70.5. The lowest BCUT2D eigenvalue weighted by molar-refractivity contribution is -0.129. The molecule has 14 rings (SSSR count). The number of rotatable bonds is 46.